The Hall–Kier alpha value is -1.78. The third-order valence-electron chi connectivity index (χ3n) is 4.28. The van der Waals surface area contributed by atoms with Crippen molar-refractivity contribution >= 4 is 0 Å². The molecule has 0 spiro atoms. The molecule has 1 heterocycles. The van der Waals surface area contributed by atoms with E-state index < -0.39 is 5.60 Å². The van der Waals surface area contributed by atoms with Gasteiger partial charge >= 0.3 is 0 Å². The van der Waals surface area contributed by atoms with Crippen molar-refractivity contribution in [3.63, 3.8) is 0 Å². The number of nitrogens with two attached hydrogens (primary N) is 1. The fourth-order valence-corrected chi connectivity index (χ4v) is 3.16. The molecule has 21 heavy (non-hydrogen) atoms. The van der Waals surface area contributed by atoms with E-state index in [1.807, 2.05) is 0 Å². The van der Waals surface area contributed by atoms with E-state index in [2.05, 4.69) is 5.32 Å². The van der Waals surface area contributed by atoms with Crippen molar-refractivity contribution in [3.8, 4) is 0 Å². The maximum atomic E-state index is 13.2. The number of benzene rings is 2. The largest absolute Gasteiger partial charge is 0.374 e. The summed E-state index contributed by atoms with van der Waals surface area (Å²) in [6.45, 7) is 0.954. The van der Waals surface area contributed by atoms with Crippen molar-refractivity contribution in [3.05, 3.63) is 71.3 Å². The maximum Gasteiger partial charge on any atom is 0.166 e. The van der Waals surface area contributed by atoms with Crippen molar-refractivity contribution in [2.45, 2.75) is 24.5 Å². The molecule has 0 saturated carbocycles. The van der Waals surface area contributed by atoms with E-state index in [0.29, 0.717) is 11.1 Å². The summed E-state index contributed by atoms with van der Waals surface area (Å²) >= 11 is 0. The molecule has 2 nitrogen and oxygen atoms in total. The molecule has 0 radical (unpaired) electrons. The van der Waals surface area contributed by atoms with Gasteiger partial charge in [-0.2, -0.15) is 0 Å². The highest BCUT2D eigenvalue weighted by Crippen LogP contribution is 2.34. The van der Waals surface area contributed by atoms with Crippen molar-refractivity contribution in [2.75, 3.05) is 6.54 Å². The quantitative estimate of drug-likeness (QED) is 0.890. The summed E-state index contributed by atoms with van der Waals surface area (Å²) in [4.78, 5) is 0. The summed E-state index contributed by atoms with van der Waals surface area (Å²) in [6.07, 6.45) is 1.89. The minimum Gasteiger partial charge on any atom is -0.374 e. The molecule has 110 valence electrons. The highest BCUT2D eigenvalue weighted by atomic mass is 19.1. The van der Waals surface area contributed by atoms with Crippen LogP contribution in [0, 0.1) is 11.6 Å². The fraction of sp³-hybridized carbons (Fsp3) is 0.294. The predicted molar refractivity (Wildman–Crippen MR) is 75.6 cm³/mol. The van der Waals surface area contributed by atoms with Gasteiger partial charge in [0.25, 0.3) is 0 Å². The first-order valence-corrected chi connectivity index (χ1v) is 7.18. The molecular weight excluding hydrogens is 272 g/mol. The molecule has 3 N–H and O–H groups in total. The van der Waals surface area contributed by atoms with Crippen LogP contribution >= 0.6 is 0 Å². The first-order chi connectivity index (χ1) is 10.1. The third-order valence-corrected chi connectivity index (χ3v) is 4.28. The third kappa shape index (κ3) is 2.57. The van der Waals surface area contributed by atoms with Crippen LogP contribution in [0.3, 0.4) is 0 Å². The predicted octanol–water partition coefficient (Wildman–Crippen LogP) is 1.93. The summed E-state index contributed by atoms with van der Waals surface area (Å²) in [5.74, 6) is -0.675. The van der Waals surface area contributed by atoms with Gasteiger partial charge in [-0.3, -0.25) is 0 Å². The van der Waals surface area contributed by atoms with Crippen LogP contribution in [-0.2, 0) is 5.60 Å². The Morgan fingerprint density at radius 2 is 1.38 bits per heavy atom. The van der Waals surface area contributed by atoms with Crippen LogP contribution in [0.2, 0.25) is 0 Å². The molecular formula is C17H18F2NO+. The molecule has 0 amide bonds. The molecule has 1 fully saturated rings. The van der Waals surface area contributed by atoms with Gasteiger partial charge in [0, 0.05) is 12.8 Å². The molecule has 1 aliphatic rings. The van der Waals surface area contributed by atoms with Gasteiger partial charge in [-0.05, 0) is 35.4 Å². The molecule has 4 heteroatoms. The highest BCUT2D eigenvalue weighted by Gasteiger charge is 2.44. The van der Waals surface area contributed by atoms with Gasteiger partial charge in [0.05, 0.1) is 6.54 Å². The summed E-state index contributed by atoms with van der Waals surface area (Å²) in [7, 11) is 0. The van der Waals surface area contributed by atoms with E-state index in [0.717, 1.165) is 19.4 Å². The van der Waals surface area contributed by atoms with E-state index in [4.69, 9.17) is 0 Å². The molecule has 0 unspecified atom stereocenters. The monoisotopic (exact) mass is 290 g/mol. The summed E-state index contributed by atoms with van der Waals surface area (Å²) in [5, 5.41) is 13.5. The number of quaternary nitrogens is 1. The van der Waals surface area contributed by atoms with Gasteiger partial charge in [0.15, 0.2) is 5.60 Å². The Balaban J connectivity index is 2.09. The second-order valence-corrected chi connectivity index (χ2v) is 5.55. The molecule has 1 atom stereocenters. The molecule has 0 aromatic heterocycles. The Morgan fingerprint density at radius 3 is 1.76 bits per heavy atom. The van der Waals surface area contributed by atoms with E-state index in [-0.39, 0.29) is 17.7 Å². The van der Waals surface area contributed by atoms with Gasteiger partial charge in [0.2, 0.25) is 0 Å². The molecule has 2 aromatic carbocycles. The molecule has 1 aliphatic heterocycles. The fourth-order valence-electron chi connectivity index (χ4n) is 3.16. The molecule has 2 aromatic rings. The molecule has 0 bridgehead atoms. The zero-order chi connectivity index (χ0) is 14.9. The molecule has 0 aliphatic carbocycles. The number of hydrogen-bond donors (Lipinski definition) is 2. The van der Waals surface area contributed by atoms with E-state index in [1.165, 1.54) is 24.3 Å². The van der Waals surface area contributed by atoms with Crippen molar-refractivity contribution in [1.29, 1.82) is 0 Å². The highest BCUT2D eigenvalue weighted by molar-refractivity contribution is 5.37. The van der Waals surface area contributed by atoms with Crippen LogP contribution in [0.4, 0.5) is 8.78 Å². The minimum absolute atomic E-state index is 0.0478. The second-order valence-electron chi connectivity index (χ2n) is 5.55. The normalized spacial score (nSPS) is 18.9. The minimum atomic E-state index is -1.24. The van der Waals surface area contributed by atoms with E-state index >= 15 is 0 Å². The molecule has 1 saturated heterocycles. The standard InChI is InChI=1S/C17H17F2NO/c18-14-7-3-12(4-8-14)17(21,16-2-1-11-20-16)13-5-9-15(19)10-6-13/h3-10,16,20-21H,1-2,11H2/p+1/t16-/m0/s1. The Morgan fingerprint density at radius 1 is 0.905 bits per heavy atom. The van der Waals surface area contributed by atoms with Crippen molar-refractivity contribution in [1.82, 2.24) is 0 Å². The first-order valence-electron chi connectivity index (χ1n) is 7.18. The van der Waals surface area contributed by atoms with Gasteiger partial charge < -0.3 is 10.4 Å². The van der Waals surface area contributed by atoms with Gasteiger partial charge in [0.1, 0.15) is 17.7 Å². The van der Waals surface area contributed by atoms with Crippen LogP contribution in [0.5, 0.6) is 0 Å². The number of hydrogen-bond acceptors (Lipinski definition) is 1. The van der Waals surface area contributed by atoms with Crippen molar-refractivity contribution < 1.29 is 19.2 Å². The SMILES string of the molecule is OC(c1ccc(F)cc1)(c1ccc(F)cc1)[C@@H]1CCC[NH2+]1. The lowest BCUT2D eigenvalue weighted by Gasteiger charge is -2.32. The smallest absolute Gasteiger partial charge is 0.166 e. The zero-order valence-corrected chi connectivity index (χ0v) is 11.6. The van der Waals surface area contributed by atoms with E-state index in [9.17, 15) is 13.9 Å². The number of rotatable bonds is 3. The second kappa shape index (κ2) is 5.54. The average molecular weight is 290 g/mol. The van der Waals surface area contributed by atoms with Gasteiger partial charge in [-0.25, -0.2) is 8.78 Å². The Kier molecular flexibility index (Phi) is 3.74. The number of halogens is 2. The summed E-state index contributed by atoms with van der Waals surface area (Å²) in [5.41, 5.74) is 0.0371. The van der Waals surface area contributed by atoms with Gasteiger partial charge in [-0.15, -0.1) is 0 Å². The average Bonchev–Trinajstić information content (AvgIpc) is 3.02. The summed E-state index contributed by atoms with van der Waals surface area (Å²) in [6, 6.07) is 11.7. The van der Waals surface area contributed by atoms with Crippen LogP contribution in [-0.4, -0.2) is 17.7 Å². The summed E-state index contributed by atoms with van der Waals surface area (Å²) < 4.78 is 26.3. The lowest BCUT2D eigenvalue weighted by molar-refractivity contribution is -0.684. The van der Waals surface area contributed by atoms with E-state index in [1.54, 1.807) is 24.3 Å². The first kappa shape index (κ1) is 14.2. The topological polar surface area (TPSA) is 36.8 Å². The lowest BCUT2D eigenvalue weighted by atomic mass is 9.79. The van der Waals surface area contributed by atoms with Crippen LogP contribution in [0.15, 0.2) is 48.5 Å². The van der Waals surface area contributed by atoms with Crippen LogP contribution < -0.4 is 5.32 Å². The lowest BCUT2D eigenvalue weighted by Crippen LogP contribution is -2.90. The Bertz CT molecular complexity index is 558. The Labute approximate surface area is 122 Å². The number of aliphatic hydroxyl groups is 1. The van der Waals surface area contributed by atoms with Gasteiger partial charge in [-0.1, -0.05) is 24.3 Å². The van der Waals surface area contributed by atoms with Crippen molar-refractivity contribution in [2.24, 2.45) is 0 Å². The van der Waals surface area contributed by atoms with Crippen LogP contribution in [0.25, 0.3) is 0 Å². The molecule has 3 rings (SSSR count). The zero-order valence-electron chi connectivity index (χ0n) is 11.6. The maximum absolute atomic E-state index is 13.2. The van der Waals surface area contributed by atoms with Crippen LogP contribution in [0.1, 0.15) is 24.0 Å².